The Kier molecular flexibility index (Phi) is 9.84. The van der Waals surface area contributed by atoms with Gasteiger partial charge in [-0.25, -0.2) is 9.78 Å². The molecule has 0 radical (unpaired) electrons. The molecular formula is C33H36N2O8S. The summed E-state index contributed by atoms with van der Waals surface area (Å²) in [4.78, 5) is 43.4. The summed E-state index contributed by atoms with van der Waals surface area (Å²) in [5, 5.41) is 28.7. The maximum Gasteiger partial charge on any atom is 0.342 e. The number of carbonyl (C=O) groups excluding carboxylic acids is 3. The molecule has 2 atom stereocenters. The first kappa shape index (κ1) is 31.1. The fraction of sp³-hybridized carbons (Fsp3) is 0.394. The van der Waals surface area contributed by atoms with Crippen LogP contribution in [0.1, 0.15) is 95.5 Å². The molecule has 3 N–H and O–H groups in total. The lowest BCUT2D eigenvalue weighted by Gasteiger charge is -2.23. The number of aromatic nitrogens is 1. The number of aryl methyl sites for hydroxylation is 1. The number of rotatable bonds is 6. The maximum atomic E-state index is 13.5. The first-order valence-corrected chi connectivity index (χ1v) is 15.6. The van der Waals surface area contributed by atoms with Gasteiger partial charge in [-0.2, -0.15) is 0 Å². The molecule has 2 aliphatic heterocycles. The molecule has 11 heteroatoms. The van der Waals surface area contributed by atoms with E-state index in [4.69, 9.17) is 14.2 Å². The lowest BCUT2D eigenvalue weighted by molar-refractivity contribution is -0.121. The van der Waals surface area contributed by atoms with Gasteiger partial charge in [-0.15, -0.1) is 11.3 Å². The highest BCUT2D eigenvalue weighted by Crippen LogP contribution is 2.46. The van der Waals surface area contributed by atoms with E-state index in [9.17, 15) is 24.6 Å². The number of phenols is 2. The smallest absolute Gasteiger partial charge is 0.342 e. The van der Waals surface area contributed by atoms with E-state index in [1.54, 1.807) is 37.3 Å². The Morgan fingerprint density at radius 3 is 2.73 bits per heavy atom. The average molecular weight is 621 g/mol. The Bertz CT molecular complexity index is 1580. The van der Waals surface area contributed by atoms with Crippen molar-refractivity contribution in [2.24, 2.45) is 0 Å². The average Bonchev–Trinajstić information content (AvgIpc) is 3.62. The number of carbonyl (C=O) groups is 3. The molecule has 44 heavy (non-hydrogen) atoms. The first-order chi connectivity index (χ1) is 21.2. The number of nitrogens with zero attached hydrogens (tertiary/aromatic N) is 1. The van der Waals surface area contributed by atoms with Crippen LogP contribution in [0.4, 0.5) is 0 Å². The molecule has 10 nitrogen and oxygen atoms in total. The summed E-state index contributed by atoms with van der Waals surface area (Å²) in [7, 11) is 0. The summed E-state index contributed by atoms with van der Waals surface area (Å²) < 4.78 is 16.7. The minimum absolute atomic E-state index is 0.0204. The summed E-state index contributed by atoms with van der Waals surface area (Å²) in [6, 6.07) is 6.55. The van der Waals surface area contributed by atoms with E-state index in [0.717, 1.165) is 10.7 Å². The van der Waals surface area contributed by atoms with Crippen LogP contribution in [0.15, 0.2) is 35.7 Å². The van der Waals surface area contributed by atoms with Crippen LogP contribution < -0.4 is 14.8 Å². The molecule has 0 spiro atoms. The van der Waals surface area contributed by atoms with E-state index in [0.29, 0.717) is 55.6 Å². The normalized spacial score (nSPS) is 17.8. The van der Waals surface area contributed by atoms with Crippen LogP contribution in [-0.4, -0.2) is 45.8 Å². The minimum Gasteiger partial charge on any atom is -0.507 e. The van der Waals surface area contributed by atoms with Gasteiger partial charge in [0.25, 0.3) is 0 Å². The van der Waals surface area contributed by atoms with Gasteiger partial charge in [0.2, 0.25) is 12.7 Å². The third kappa shape index (κ3) is 7.39. The molecule has 0 saturated carbocycles. The number of ether oxygens (including phenoxy) is 3. The van der Waals surface area contributed by atoms with Crippen LogP contribution >= 0.6 is 11.3 Å². The highest BCUT2D eigenvalue weighted by molar-refractivity contribution is 7.09. The molecule has 3 aromatic rings. The monoisotopic (exact) mass is 620 g/mol. The summed E-state index contributed by atoms with van der Waals surface area (Å²) in [6.45, 7) is 3.90. The Morgan fingerprint density at radius 1 is 1.14 bits per heavy atom. The zero-order valence-electron chi connectivity index (χ0n) is 24.8. The molecule has 0 bridgehead atoms. The summed E-state index contributed by atoms with van der Waals surface area (Å²) in [5.41, 5.74) is 1.50. The molecule has 1 unspecified atom stereocenters. The van der Waals surface area contributed by atoms with E-state index < -0.39 is 23.7 Å². The Labute approximate surface area is 259 Å². The van der Waals surface area contributed by atoms with Gasteiger partial charge in [0, 0.05) is 36.1 Å². The highest BCUT2D eigenvalue weighted by atomic mass is 32.1. The largest absolute Gasteiger partial charge is 0.507 e. The number of Topliss-reactive ketones (excluding diaryl/α,β-unsaturated/α-hetero) is 1. The lowest BCUT2D eigenvalue weighted by atomic mass is 9.84. The van der Waals surface area contributed by atoms with Crippen molar-refractivity contribution in [3.8, 4) is 23.0 Å². The Morgan fingerprint density at radius 2 is 1.93 bits per heavy atom. The Balaban J connectivity index is 1.54. The molecule has 5 rings (SSSR count). The van der Waals surface area contributed by atoms with Crippen molar-refractivity contribution in [1.29, 1.82) is 0 Å². The second kappa shape index (κ2) is 13.9. The zero-order valence-corrected chi connectivity index (χ0v) is 25.6. The number of phenolic OH excluding ortho intramolecular Hbond substituents is 2. The predicted molar refractivity (Wildman–Crippen MR) is 164 cm³/mol. The number of esters is 1. The van der Waals surface area contributed by atoms with Gasteiger partial charge >= 0.3 is 5.97 Å². The number of ketones is 1. The number of aromatic hydroxyl groups is 2. The quantitative estimate of drug-likeness (QED) is 0.286. The van der Waals surface area contributed by atoms with Gasteiger partial charge in [-0.3, -0.25) is 9.59 Å². The number of fused-ring (bicyclic) bond motifs is 2. The molecule has 0 saturated heterocycles. The van der Waals surface area contributed by atoms with Gasteiger partial charge < -0.3 is 29.7 Å². The number of amides is 1. The molecule has 2 aliphatic rings. The molecule has 0 fully saturated rings. The highest BCUT2D eigenvalue weighted by Gasteiger charge is 2.32. The number of hydrogen-bond acceptors (Lipinski definition) is 10. The van der Waals surface area contributed by atoms with E-state index in [1.807, 2.05) is 12.3 Å². The predicted octanol–water partition coefficient (Wildman–Crippen LogP) is 5.91. The zero-order chi connectivity index (χ0) is 31.2. The number of hydrogen-bond donors (Lipinski definition) is 3. The van der Waals surface area contributed by atoms with Crippen LogP contribution in [0.5, 0.6) is 23.0 Å². The van der Waals surface area contributed by atoms with Crippen LogP contribution in [0.3, 0.4) is 0 Å². The fourth-order valence-corrected chi connectivity index (χ4v) is 6.08. The topological polar surface area (TPSA) is 144 Å². The summed E-state index contributed by atoms with van der Waals surface area (Å²) >= 11 is 1.48. The second-order valence-electron chi connectivity index (χ2n) is 11.1. The van der Waals surface area contributed by atoms with Crippen molar-refractivity contribution in [1.82, 2.24) is 10.3 Å². The molecule has 232 valence electrons. The molecule has 3 heterocycles. The van der Waals surface area contributed by atoms with Crippen molar-refractivity contribution < 1.29 is 38.8 Å². The maximum absolute atomic E-state index is 13.5. The van der Waals surface area contributed by atoms with Crippen molar-refractivity contribution >= 4 is 35.1 Å². The van der Waals surface area contributed by atoms with Crippen LogP contribution in [0.2, 0.25) is 0 Å². The first-order valence-electron chi connectivity index (χ1n) is 14.7. The second-order valence-corrected chi connectivity index (χ2v) is 12.1. The molecular weight excluding hydrogens is 584 g/mol. The van der Waals surface area contributed by atoms with E-state index in [1.165, 1.54) is 17.4 Å². The number of cyclic esters (lactones) is 1. The van der Waals surface area contributed by atoms with Crippen molar-refractivity contribution in [2.45, 2.75) is 77.4 Å². The molecule has 1 aromatic heterocycles. The number of benzene rings is 2. The van der Waals surface area contributed by atoms with E-state index in [2.05, 4.69) is 10.3 Å². The van der Waals surface area contributed by atoms with Gasteiger partial charge in [0.15, 0.2) is 11.5 Å². The molecule has 2 aromatic carbocycles. The lowest BCUT2D eigenvalue weighted by Crippen LogP contribution is -2.25. The van der Waals surface area contributed by atoms with Gasteiger partial charge in [-0.1, -0.05) is 18.2 Å². The van der Waals surface area contributed by atoms with Crippen molar-refractivity contribution in [3.63, 3.8) is 0 Å². The van der Waals surface area contributed by atoms with Gasteiger partial charge in [0.1, 0.15) is 22.8 Å². The Hall–Kier alpha value is -4.38. The number of thiazole rings is 1. The third-order valence-corrected chi connectivity index (χ3v) is 8.54. The minimum atomic E-state index is -0.861. The summed E-state index contributed by atoms with van der Waals surface area (Å²) in [6.07, 6.45) is 5.98. The van der Waals surface area contributed by atoms with Gasteiger partial charge in [0.05, 0.1) is 23.4 Å². The number of allylic oxidation sites excluding steroid dienone is 1. The summed E-state index contributed by atoms with van der Waals surface area (Å²) in [5.74, 6) is -1.52. The standard InChI is InChI=1S/C33H36N2O8S/c1-19-7-6-10-24(36)9-5-3-4-8-22-13-26(37)31(32(39)30(22)33(40)43-19)25(21-11-12-27-28(14-21)42-18-41-27)15-29(38)34-16-23-17-44-20(2)35-23/h4,8,11-14,17,19,25,37,39H,3,5-7,9-10,15-16,18H2,1-2H3,(H,34,38)/t19-,25?/m0/s1. The van der Waals surface area contributed by atoms with Crippen LogP contribution in [-0.2, 0) is 20.9 Å². The van der Waals surface area contributed by atoms with Crippen LogP contribution in [0, 0.1) is 6.92 Å². The van der Waals surface area contributed by atoms with Crippen LogP contribution in [0.25, 0.3) is 6.08 Å². The number of nitrogens with one attached hydrogen (secondary N) is 1. The van der Waals surface area contributed by atoms with Crippen molar-refractivity contribution in [3.05, 3.63) is 68.7 Å². The van der Waals surface area contributed by atoms with Crippen molar-refractivity contribution in [2.75, 3.05) is 6.79 Å². The third-order valence-electron chi connectivity index (χ3n) is 7.72. The van der Waals surface area contributed by atoms with Gasteiger partial charge in [-0.05, 0) is 68.9 Å². The van der Waals surface area contributed by atoms with E-state index in [-0.39, 0.29) is 53.9 Å². The van der Waals surface area contributed by atoms with E-state index >= 15 is 0 Å². The SMILES string of the molecule is Cc1nc(CNC(=O)CC(c2ccc3c(c2)OCO3)c2c(O)cc3c(c2O)C(=O)O[C@@H](C)CCCC(=O)CCCC=C3)cs1. The molecule has 0 aliphatic carbocycles. The fourth-order valence-electron chi connectivity index (χ4n) is 5.47. The molecule has 1 amide bonds.